The van der Waals surface area contributed by atoms with Crippen LogP contribution in [0.25, 0.3) is 0 Å². The van der Waals surface area contributed by atoms with Gasteiger partial charge in [0, 0.05) is 20.1 Å². The Morgan fingerprint density at radius 2 is 2.15 bits per heavy atom. The van der Waals surface area contributed by atoms with Gasteiger partial charge in [-0.1, -0.05) is 25.9 Å². The van der Waals surface area contributed by atoms with E-state index in [1.165, 1.54) is 12.8 Å². The zero-order chi connectivity index (χ0) is 19.1. The van der Waals surface area contributed by atoms with Crippen molar-refractivity contribution in [3.05, 3.63) is 11.7 Å². The van der Waals surface area contributed by atoms with E-state index in [-0.39, 0.29) is 12.0 Å². The maximum Gasteiger partial charge on any atom is 0.246 e. The van der Waals surface area contributed by atoms with Crippen LogP contribution in [-0.2, 0) is 16.1 Å². The van der Waals surface area contributed by atoms with Gasteiger partial charge in [0.15, 0.2) is 5.82 Å². The monoisotopic (exact) mass is 366 g/mol. The molecule has 3 unspecified atom stereocenters. The summed E-state index contributed by atoms with van der Waals surface area (Å²) in [6.07, 6.45) is 2.74. The lowest BCUT2D eigenvalue weighted by atomic mass is 9.85. The van der Waals surface area contributed by atoms with Crippen LogP contribution in [0.15, 0.2) is 4.52 Å². The molecule has 7 heteroatoms. The second kappa shape index (κ2) is 10.0. The van der Waals surface area contributed by atoms with Crippen molar-refractivity contribution in [2.75, 3.05) is 26.7 Å². The Balaban J connectivity index is 1.81. The van der Waals surface area contributed by atoms with Crippen LogP contribution >= 0.6 is 0 Å². The zero-order valence-electron chi connectivity index (χ0n) is 16.8. The lowest BCUT2D eigenvalue weighted by Gasteiger charge is -2.29. The van der Waals surface area contributed by atoms with Gasteiger partial charge in [0.2, 0.25) is 11.8 Å². The van der Waals surface area contributed by atoms with Crippen LogP contribution in [0.5, 0.6) is 0 Å². The Hall–Kier alpha value is -1.47. The first-order valence-electron chi connectivity index (χ1n) is 9.75. The fraction of sp³-hybridized carbons (Fsp3) is 0.842. The van der Waals surface area contributed by atoms with Crippen LogP contribution in [0.4, 0.5) is 0 Å². The molecule has 2 rings (SSSR count). The standard InChI is InChI=1S/C19H34N4O3/c1-13(2)12-25-15(4)19-21-17(26-22-19)11-23(5)18(24)9-14(3)16-7-6-8-20-10-16/h13-16,20H,6-12H2,1-5H3. The molecule has 1 aromatic heterocycles. The normalized spacial score (nSPS) is 20.2. The number of carbonyl (C=O) groups excluding carboxylic acids is 1. The number of carbonyl (C=O) groups is 1. The summed E-state index contributed by atoms with van der Waals surface area (Å²) in [5.41, 5.74) is 0. The van der Waals surface area contributed by atoms with E-state index in [0.717, 1.165) is 13.1 Å². The molecule has 1 fully saturated rings. The zero-order valence-corrected chi connectivity index (χ0v) is 16.8. The third-order valence-electron chi connectivity index (χ3n) is 4.96. The number of aromatic nitrogens is 2. The third-order valence-corrected chi connectivity index (χ3v) is 4.96. The van der Waals surface area contributed by atoms with E-state index in [1.807, 2.05) is 6.92 Å². The van der Waals surface area contributed by atoms with Crippen molar-refractivity contribution in [1.82, 2.24) is 20.4 Å². The van der Waals surface area contributed by atoms with Crippen molar-refractivity contribution in [2.24, 2.45) is 17.8 Å². The molecule has 7 nitrogen and oxygen atoms in total. The molecule has 1 N–H and O–H groups in total. The maximum absolute atomic E-state index is 12.5. The number of hydrogen-bond acceptors (Lipinski definition) is 6. The first kappa shape index (κ1) is 20.8. The molecule has 148 valence electrons. The van der Waals surface area contributed by atoms with Gasteiger partial charge in [0.05, 0.1) is 6.54 Å². The molecule has 0 radical (unpaired) electrons. The van der Waals surface area contributed by atoms with Crippen LogP contribution in [0.3, 0.4) is 0 Å². The van der Waals surface area contributed by atoms with Gasteiger partial charge < -0.3 is 19.5 Å². The quantitative estimate of drug-likeness (QED) is 0.724. The fourth-order valence-electron chi connectivity index (χ4n) is 3.16. The molecule has 0 bridgehead atoms. The van der Waals surface area contributed by atoms with Crippen molar-refractivity contribution < 1.29 is 14.1 Å². The Morgan fingerprint density at radius 1 is 1.38 bits per heavy atom. The van der Waals surface area contributed by atoms with Gasteiger partial charge in [0.1, 0.15) is 6.10 Å². The second-order valence-corrected chi connectivity index (χ2v) is 7.95. The summed E-state index contributed by atoms with van der Waals surface area (Å²) in [6, 6.07) is 0. The smallest absolute Gasteiger partial charge is 0.246 e. The molecule has 0 spiro atoms. The number of hydrogen-bond donors (Lipinski definition) is 1. The van der Waals surface area contributed by atoms with E-state index in [1.54, 1.807) is 11.9 Å². The Morgan fingerprint density at radius 3 is 2.81 bits per heavy atom. The lowest BCUT2D eigenvalue weighted by molar-refractivity contribution is -0.132. The summed E-state index contributed by atoms with van der Waals surface area (Å²) in [6.45, 7) is 11.4. The first-order valence-corrected chi connectivity index (χ1v) is 9.75. The summed E-state index contributed by atoms with van der Waals surface area (Å²) in [4.78, 5) is 18.6. The fourth-order valence-corrected chi connectivity index (χ4v) is 3.16. The highest BCUT2D eigenvalue weighted by molar-refractivity contribution is 5.76. The largest absolute Gasteiger partial charge is 0.370 e. The molecule has 0 aromatic carbocycles. The molecule has 3 atom stereocenters. The minimum Gasteiger partial charge on any atom is -0.370 e. The summed E-state index contributed by atoms with van der Waals surface area (Å²) >= 11 is 0. The van der Waals surface area contributed by atoms with Crippen molar-refractivity contribution in [3.8, 4) is 0 Å². The van der Waals surface area contributed by atoms with Crippen LogP contribution < -0.4 is 5.32 Å². The van der Waals surface area contributed by atoms with Gasteiger partial charge in [-0.05, 0) is 50.6 Å². The van der Waals surface area contributed by atoms with Gasteiger partial charge in [-0.25, -0.2) is 0 Å². The molecular weight excluding hydrogens is 332 g/mol. The van der Waals surface area contributed by atoms with Gasteiger partial charge in [-0.2, -0.15) is 4.98 Å². The van der Waals surface area contributed by atoms with Crippen molar-refractivity contribution in [1.29, 1.82) is 0 Å². The van der Waals surface area contributed by atoms with Gasteiger partial charge >= 0.3 is 0 Å². The van der Waals surface area contributed by atoms with E-state index in [9.17, 15) is 4.79 Å². The van der Waals surface area contributed by atoms with Crippen molar-refractivity contribution >= 4 is 5.91 Å². The maximum atomic E-state index is 12.5. The number of nitrogens with one attached hydrogen (secondary N) is 1. The van der Waals surface area contributed by atoms with E-state index < -0.39 is 0 Å². The Bertz CT molecular complexity index is 555. The Kier molecular flexibility index (Phi) is 8.03. The highest BCUT2D eigenvalue weighted by Gasteiger charge is 2.24. The predicted molar refractivity (Wildman–Crippen MR) is 99.4 cm³/mol. The van der Waals surface area contributed by atoms with Crippen LogP contribution in [0, 0.1) is 17.8 Å². The minimum atomic E-state index is -0.213. The van der Waals surface area contributed by atoms with Gasteiger partial charge in [-0.15, -0.1) is 0 Å². The highest BCUT2D eigenvalue weighted by atomic mass is 16.5. The summed E-state index contributed by atoms with van der Waals surface area (Å²) in [5, 5.41) is 7.40. The van der Waals surface area contributed by atoms with Crippen LogP contribution in [0.2, 0.25) is 0 Å². The van der Waals surface area contributed by atoms with E-state index >= 15 is 0 Å². The van der Waals surface area contributed by atoms with Crippen molar-refractivity contribution in [3.63, 3.8) is 0 Å². The highest BCUT2D eigenvalue weighted by Crippen LogP contribution is 2.23. The molecule has 1 aliphatic rings. The number of nitrogens with zero attached hydrogens (tertiary/aromatic N) is 3. The van der Waals surface area contributed by atoms with Gasteiger partial charge in [0.25, 0.3) is 0 Å². The summed E-state index contributed by atoms with van der Waals surface area (Å²) < 4.78 is 11.0. The molecule has 1 saturated heterocycles. The molecule has 2 heterocycles. The first-order chi connectivity index (χ1) is 12.4. The Labute approximate surface area is 156 Å². The number of amides is 1. The van der Waals surface area contributed by atoms with E-state index in [2.05, 4.69) is 36.2 Å². The lowest BCUT2D eigenvalue weighted by Crippen LogP contribution is -2.36. The van der Waals surface area contributed by atoms with Crippen LogP contribution in [0.1, 0.15) is 64.8 Å². The van der Waals surface area contributed by atoms with Crippen molar-refractivity contribution in [2.45, 2.75) is 59.6 Å². The molecule has 26 heavy (non-hydrogen) atoms. The topological polar surface area (TPSA) is 80.5 Å². The molecule has 1 amide bonds. The number of rotatable bonds is 9. The second-order valence-electron chi connectivity index (χ2n) is 7.95. The van der Waals surface area contributed by atoms with Gasteiger partial charge in [-0.3, -0.25) is 4.79 Å². The average molecular weight is 367 g/mol. The molecular formula is C19H34N4O3. The van der Waals surface area contributed by atoms with Crippen LogP contribution in [-0.4, -0.2) is 47.7 Å². The molecule has 1 aromatic rings. The van der Waals surface area contributed by atoms with E-state index in [0.29, 0.717) is 49.0 Å². The molecule has 0 aliphatic carbocycles. The predicted octanol–water partition coefficient (Wildman–Crippen LogP) is 2.79. The summed E-state index contributed by atoms with van der Waals surface area (Å²) in [7, 11) is 1.79. The SMILES string of the molecule is CC(C)COC(C)c1noc(CN(C)C(=O)CC(C)C2CCCNC2)n1. The minimum absolute atomic E-state index is 0.118. The van der Waals surface area contributed by atoms with E-state index in [4.69, 9.17) is 9.26 Å². The molecule has 1 aliphatic heterocycles. The molecule has 0 saturated carbocycles. The third kappa shape index (κ3) is 6.36. The summed E-state index contributed by atoms with van der Waals surface area (Å²) in [5.74, 6) is 2.50. The number of ether oxygens (including phenoxy) is 1. The number of piperidine rings is 1. The average Bonchev–Trinajstić information content (AvgIpc) is 3.08.